The van der Waals surface area contributed by atoms with E-state index >= 15 is 0 Å². The van der Waals surface area contributed by atoms with E-state index in [-0.39, 0.29) is 0 Å². The van der Waals surface area contributed by atoms with Crippen LogP contribution >= 0.6 is 0 Å². The van der Waals surface area contributed by atoms with Gasteiger partial charge in [-0.2, -0.15) is 17.0 Å². The smallest absolute Gasteiger partial charge is 0.282 e. The van der Waals surface area contributed by atoms with Crippen LogP contribution in [0, 0.1) is 0 Å². The highest BCUT2D eigenvalue weighted by Gasteiger charge is 2.37. The predicted octanol–water partition coefficient (Wildman–Crippen LogP) is 1.14. The first-order chi connectivity index (χ1) is 9.88. The lowest BCUT2D eigenvalue weighted by molar-refractivity contribution is 0.0114. The van der Waals surface area contributed by atoms with Crippen molar-refractivity contribution in [1.29, 1.82) is 0 Å². The monoisotopic (exact) mass is 310 g/mol. The van der Waals surface area contributed by atoms with Gasteiger partial charge in [0, 0.05) is 26.2 Å². The molecule has 0 spiro atoms. The van der Waals surface area contributed by atoms with Gasteiger partial charge >= 0.3 is 0 Å². The SMILES string of the molecule is CC1(O)CCN(S(=O)(=O)N2CCc3ccccc3C2)CC1. The Bertz CT molecular complexity index is 618. The second kappa shape index (κ2) is 5.35. The third-order valence-electron chi connectivity index (χ3n) is 4.55. The van der Waals surface area contributed by atoms with Crippen molar-refractivity contribution in [2.24, 2.45) is 0 Å². The molecule has 0 aromatic heterocycles. The van der Waals surface area contributed by atoms with Crippen molar-refractivity contribution < 1.29 is 13.5 Å². The molecule has 0 atom stereocenters. The molecule has 0 radical (unpaired) electrons. The van der Waals surface area contributed by atoms with Gasteiger partial charge in [-0.15, -0.1) is 0 Å². The fraction of sp³-hybridized carbons (Fsp3) is 0.600. The zero-order chi connectivity index (χ0) is 15.1. The molecule has 0 aliphatic carbocycles. The van der Waals surface area contributed by atoms with Gasteiger partial charge in [0.05, 0.1) is 5.60 Å². The van der Waals surface area contributed by atoms with Crippen molar-refractivity contribution in [3.63, 3.8) is 0 Å². The Morgan fingerprint density at radius 2 is 1.67 bits per heavy atom. The van der Waals surface area contributed by atoms with Crippen molar-refractivity contribution >= 4 is 10.2 Å². The molecule has 1 aromatic rings. The number of fused-ring (bicyclic) bond motifs is 1. The van der Waals surface area contributed by atoms with Crippen LogP contribution in [0.25, 0.3) is 0 Å². The molecule has 1 aromatic carbocycles. The second-order valence-electron chi connectivity index (χ2n) is 6.26. The van der Waals surface area contributed by atoms with Gasteiger partial charge in [-0.25, -0.2) is 0 Å². The number of aliphatic hydroxyl groups is 1. The van der Waals surface area contributed by atoms with E-state index in [9.17, 15) is 13.5 Å². The third-order valence-corrected chi connectivity index (χ3v) is 6.53. The zero-order valence-corrected chi connectivity index (χ0v) is 13.1. The first-order valence-electron chi connectivity index (χ1n) is 7.43. The molecule has 0 bridgehead atoms. The lowest BCUT2D eigenvalue weighted by atomic mass is 9.95. The number of hydrogen-bond acceptors (Lipinski definition) is 3. The van der Waals surface area contributed by atoms with Gasteiger partial charge in [-0.3, -0.25) is 0 Å². The second-order valence-corrected chi connectivity index (χ2v) is 8.18. The van der Waals surface area contributed by atoms with Crippen molar-refractivity contribution in [3.05, 3.63) is 35.4 Å². The third kappa shape index (κ3) is 2.99. The molecule has 0 saturated carbocycles. The molecule has 21 heavy (non-hydrogen) atoms. The van der Waals surface area contributed by atoms with Crippen LogP contribution in [-0.4, -0.2) is 47.4 Å². The molecule has 5 nitrogen and oxygen atoms in total. The Hall–Kier alpha value is -0.950. The van der Waals surface area contributed by atoms with Gasteiger partial charge in [0.25, 0.3) is 10.2 Å². The van der Waals surface area contributed by atoms with Crippen molar-refractivity contribution in [3.8, 4) is 0 Å². The van der Waals surface area contributed by atoms with Gasteiger partial charge in [0.2, 0.25) is 0 Å². The number of rotatable bonds is 2. The van der Waals surface area contributed by atoms with Gasteiger partial charge in [0.1, 0.15) is 0 Å². The standard InChI is InChI=1S/C15H22N2O3S/c1-15(18)7-10-16(11-8-15)21(19,20)17-9-6-13-4-2-3-5-14(13)12-17/h2-5,18H,6-12H2,1H3. The van der Waals surface area contributed by atoms with Crippen molar-refractivity contribution in [1.82, 2.24) is 8.61 Å². The molecule has 6 heteroatoms. The van der Waals surface area contributed by atoms with Crippen molar-refractivity contribution in [2.45, 2.75) is 38.3 Å². The normalized spacial score (nSPS) is 23.7. The fourth-order valence-electron chi connectivity index (χ4n) is 3.03. The number of hydrogen-bond donors (Lipinski definition) is 1. The summed E-state index contributed by atoms with van der Waals surface area (Å²) in [4.78, 5) is 0. The Balaban J connectivity index is 1.75. The highest BCUT2D eigenvalue weighted by atomic mass is 32.2. The summed E-state index contributed by atoms with van der Waals surface area (Å²) in [7, 11) is -3.42. The molecule has 3 rings (SSSR count). The zero-order valence-electron chi connectivity index (χ0n) is 12.3. The average molecular weight is 310 g/mol. The van der Waals surface area contributed by atoms with E-state index in [4.69, 9.17) is 0 Å². The highest BCUT2D eigenvalue weighted by molar-refractivity contribution is 7.86. The van der Waals surface area contributed by atoms with E-state index < -0.39 is 15.8 Å². The van der Waals surface area contributed by atoms with E-state index in [2.05, 4.69) is 6.07 Å². The molecule has 2 aliphatic heterocycles. The minimum Gasteiger partial charge on any atom is -0.390 e. The quantitative estimate of drug-likeness (QED) is 0.891. The molecule has 2 heterocycles. The van der Waals surface area contributed by atoms with Crippen LogP contribution in [0.15, 0.2) is 24.3 Å². The van der Waals surface area contributed by atoms with E-state index in [0.717, 1.165) is 12.0 Å². The first-order valence-corrected chi connectivity index (χ1v) is 8.83. The average Bonchev–Trinajstić information content (AvgIpc) is 2.46. The molecular weight excluding hydrogens is 288 g/mol. The van der Waals surface area contributed by atoms with Crippen LogP contribution in [0.1, 0.15) is 30.9 Å². The largest absolute Gasteiger partial charge is 0.390 e. The van der Waals surface area contributed by atoms with Gasteiger partial charge in [0.15, 0.2) is 0 Å². The van der Waals surface area contributed by atoms with Crippen LogP contribution in [0.5, 0.6) is 0 Å². The van der Waals surface area contributed by atoms with E-state index in [1.54, 1.807) is 11.2 Å². The Labute approximate surface area is 126 Å². The maximum absolute atomic E-state index is 12.7. The number of benzene rings is 1. The Kier molecular flexibility index (Phi) is 3.81. The van der Waals surface area contributed by atoms with E-state index in [1.807, 2.05) is 18.2 Å². The summed E-state index contributed by atoms with van der Waals surface area (Å²) in [6.07, 6.45) is 1.76. The summed E-state index contributed by atoms with van der Waals surface area (Å²) >= 11 is 0. The molecule has 2 aliphatic rings. The topological polar surface area (TPSA) is 60.9 Å². The van der Waals surface area contributed by atoms with Gasteiger partial charge in [-0.05, 0) is 37.3 Å². The Morgan fingerprint density at radius 3 is 2.33 bits per heavy atom. The first kappa shape index (κ1) is 15.0. The molecule has 116 valence electrons. The summed E-state index contributed by atoms with van der Waals surface area (Å²) in [5.41, 5.74) is 1.60. The molecule has 1 fully saturated rings. The minimum absolute atomic E-state index is 0.396. The lowest BCUT2D eigenvalue weighted by Crippen LogP contribution is -2.51. The number of nitrogens with zero attached hydrogens (tertiary/aromatic N) is 2. The molecular formula is C15H22N2O3S. The van der Waals surface area contributed by atoms with Crippen LogP contribution in [-0.2, 0) is 23.2 Å². The maximum Gasteiger partial charge on any atom is 0.282 e. The van der Waals surface area contributed by atoms with Crippen molar-refractivity contribution in [2.75, 3.05) is 19.6 Å². The van der Waals surface area contributed by atoms with Crippen LogP contribution in [0.4, 0.5) is 0 Å². The van der Waals surface area contributed by atoms with Crippen LogP contribution in [0.2, 0.25) is 0 Å². The molecule has 1 saturated heterocycles. The number of piperidine rings is 1. The van der Waals surface area contributed by atoms with Gasteiger partial charge < -0.3 is 5.11 Å². The molecule has 0 unspecified atom stereocenters. The minimum atomic E-state index is -3.42. The summed E-state index contributed by atoms with van der Waals surface area (Å²) in [5.74, 6) is 0. The summed E-state index contributed by atoms with van der Waals surface area (Å²) in [6.45, 7) is 3.55. The Morgan fingerprint density at radius 1 is 1.05 bits per heavy atom. The molecule has 1 N–H and O–H groups in total. The van der Waals surface area contributed by atoms with Gasteiger partial charge in [-0.1, -0.05) is 24.3 Å². The lowest BCUT2D eigenvalue weighted by Gasteiger charge is -2.38. The predicted molar refractivity (Wildman–Crippen MR) is 80.9 cm³/mol. The highest BCUT2D eigenvalue weighted by Crippen LogP contribution is 2.27. The molecule has 0 amide bonds. The van der Waals surface area contributed by atoms with Crippen LogP contribution < -0.4 is 0 Å². The fourth-order valence-corrected chi connectivity index (χ4v) is 4.62. The maximum atomic E-state index is 12.7. The van der Waals surface area contributed by atoms with E-state index in [0.29, 0.717) is 39.0 Å². The summed E-state index contributed by atoms with van der Waals surface area (Å²) in [5, 5.41) is 9.96. The summed E-state index contributed by atoms with van der Waals surface area (Å²) in [6, 6.07) is 8.01. The summed E-state index contributed by atoms with van der Waals surface area (Å²) < 4.78 is 28.5. The van der Waals surface area contributed by atoms with E-state index in [1.165, 1.54) is 9.87 Å². The van der Waals surface area contributed by atoms with Crippen LogP contribution in [0.3, 0.4) is 0 Å².